The highest BCUT2D eigenvalue weighted by Crippen LogP contribution is 2.74. The first kappa shape index (κ1) is 27.9. The van der Waals surface area contributed by atoms with Crippen molar-refractivity contribution in [2.45, 2.75) is 112 Å². The molecule has 5 aliphatic rings. The standard InChI is InChI=1S/C32H49NO5/c1-19-21-9-12-32(7)26(30(21,5)11-10-25(19)38-20(2)34)24(35)17-22-23-18-29(4,27(36)33(8)37)14-13-28(23,3)15-16-31(22,32)6/h17,19,21,23,25-26,37H,9-16,18H2,1-8H3/t19-,21?,23?,25+,26?,28-,29+,30+,31-,32-/m1/s1. The Balaban J connectivity index is 1.55. The molecule has 6 heteroatoms. The van der Waals surface area contributed by atoms with Crippen LogP contribution >= 0.6 is 0 Å². The molecule has 0 bridgehead atoms. The van der Waals surface area contributed by atoms with Crippen molar-refractivity contribution >= 4 is 17.7 Å². The van der Waals surface area contributed by atoms with Gasteiger partial charge in [-0.1, -0.05) is 47.1 Å². The first-order valence-electron chi connectivity index (χ1n) is 14.9. The van der Waals surface area contributed by atoms with Gasteiger partial charge in [0.05, 0.1) is 0 Å². The smallest absolute Gasteiger partial charge is 0.302 e. The van der Waals surface area contributed by atoms with Gasteiger partial charge >= 0.3 is 5.97 Å². The number of esters is 1. The number of hydrogen-bond donors (Lipinski definition) is 1. The van der Waals surface area contributed by atoms with Crippen LogP contribution in [0.3, 0.4) is 0 Å². The van der Waals surface area contributed by atoms with E-state index in [0.29, 0.717) is 12.3 Å². The van der Waals surface area contributed by atoms with Gasteiger partial charge in [0.15, 0.2) is 5.78 Å². The lowest BCUT2D eigenvalue weighted by atomic mass is 9.34. The van der Waals surface area contributed by atoms with E-state index in [4.69, 9.17) is 4.74 Å². The molecule has 1 amide bonds. The molecule has 1 N–H and O–H groups in total. The predicted octanol–water partition coefficient (Wildman–Crippen LogP) is 6.36. The molecule has 0 saturated heterocycles. The molecule has 0 aromatic heterocycles. The maximum absolute atomic E-state index is 14.4. The van der Waals surface area contributed by atoms with E-state index in [0.717, 1.165) is 56.4 Å². The third kappa shape index (κ3) is 3.64. The van der Waals surface area contributed by atoms with Crippen LogP contribution in [0.25, 0.3) is 0 Å². The fourth-order valence-electron chi connectivity index (χ4n) is 10.7. The quantitative estimate of drug-likeness (QED) is 0.257. The Morgan fingerprint density at radius 2 is 1.66 bits per heavy atom. The lowest BCUT2D eigenvalue weighted by Crippen LogP contribution is -2.65. The van der Waals surface area contributed by atoms with Gasteiger partial charge in [-0.05, 0) is 103 Å². The Hall–Kier alpha value is -1.69. The van der Waals surface area contributed by atoms with Crippen LogP contribution in [0.15, 0.2) is 11.6 Å². The summed E-state index contributed by atoms with van der Waals surface area (Å²) in [5, 5.41) is 10.8. The number of amides is 1. The molecule has 0 radical (unpaired) electrons. The van der Waals surface area contributed by atoms with Crippen molar-refractivity contribution in [3.8, 4) is 0 Å². The largest absolute Gasteiger partial charge is 0.462 e. The van der Waals surface area contributed by atoms with Gasteiger partial charge in [0.2, 0.25) is 0 Å². The monoisotopic (exact) mass is 527 g/mol. The molecule has 0 aliphatic heterocycles. The number of rotatable bonds is 2. The van der Waals surface area contributed by atoms with Gasteiger partial charge in [0.1, 0.15) is 6.10 Å². The van der Waals surface area contributed by atoms with Gasteiger partial charge in [0, 0.05) is 25.3 Å². The van der Waals surface area contributed by atoms with E-state index in [2.05, 4.69) is 34.6 Å². The highest BCUT2D eigenvalue weighted by molar-refractivity contribution is 5.95. The van der Waals surface area contributed by atoms with Crippen LogP contribution in [-0.2, 0) is 19.1 Å². The number of carbonyl (C=O) groups is 3. The minimum absolute atomic E-state index is 0.0484. The molecule has 4 fully saturated rings. The van der Waals surface area contributed by atoms with Gasteiger partial charge in [-0.15, -0.1) is 0 Å². The molecule has 5 aliphatic carbocycles. The number of hydroxylamine groups is 2. The summed E-state index contributed by atoms with van der Waals surface area (Å²) in [7, 11) is 1.43. The summed E-state index contributed by atoms with van der Waals surface area (Å²) in [4.78, 5) is 39.2. The molecule has 0 aromatic rings. The van der Waals surface area contributed by atoms with Crippen LogP contribution in [0.4, 0.5) is 0 Å². The Labute approximate surface area is 228 Å². The number of hydrogen-bond acceptors (Lipinski definition) is 5. The SMILES string of the molecule is CC(=O)O[C@H]1CC[C@@]2(C)C(CC[C@]3(C)C2C(=O)C=C2C4C[C@@](C)(C(=O)N(C)O)CC[C@]4(C)CC[C@]23C)[C@H]1C. The maximum Gasteiger partial charge on any atom is 0.302 e. The molecule has 0 spiro atoms. The van der Waals surface area contributed by atoms with E-state index in [1.165, 1.54) is 19.5 Å². The van der Waals surface area contributed by atoms with Gasteiger partial charge in [0.25, 0.3) is 5.91 Å². The van der Waals surface area contributed by atoms with Crippen molar-refractivity contribution in [1.82, 2.24) is 5.06 Å². The third-order valence-corrected chi connectivity index (χ3v) is 13.2. The Morgan fingerprint density at radius 3 is 2.29 bits per heavy atom. The molecule has 6 nitrogen and oxygen atoms in total. The predicted molar refractivity (Wildman–Crippen MR) is 145 cm³/mol. The lowest BCUT2D eigenvalue weighted by molar-refractivity contribution is -0.193. The van der Waals surface area contributed by atoms with Crippen molar-refractivity contribution in [3.05, 3.63) is 11.6 Å². The van der Waals surface area contributed by atoms with Crippen molar-refractivity contribution in [2.75, 3.05) is 7.05 Å². The molecular formula is C32H49NO5. The summed E-state index contributed by atoms with van der Waals surface area (Å²) in [6.45, 7) is 15.2. The molecule has 0 aromatic carbocycles. The second kappa shape index (κ2) is 8.65. The second-order valence-corrected chi connectivity index (χ2v) is 15.2. The zero-order valence-corrected chi connectivity index (χ0v) is 24.9. The Kier molecular flexibility index (Phi) is 6.34. The number of allylic oxidation sites excluding steroid dienone is 2. The fourth-order valence-corrected chi connectivity index (χ4v) is 10.7. The average molecular weight is 528 g/mol. The average Bonchev–Trinajstić information content (AvgIpc) is 2.82. The van der Waals surface area contributed by atoms with E-state index in [9.17, 15) is 19.6 Å². The lowest BCUT2D eigenvalue weighted by Gasteiger charge is -2.69. The summed E-state index contributed by atoms with van der Waals surface area (Å²) in [5.74, 6) is 0.546. The first-order chi connectivity index (χ1) is 17.5. The molecule has 4 saturated carbocycles. The van der Waals surface area contributed by atoms with Crippen molar-refractivity contribution in [1.29, 1.82) is 0 Å². The summed E-state index contributed by atoms with van der Waals surface area (Å²) in [6.07, 6.45) is 10.3. The molecule has 10 atom stereocenters. The van der Waals surface area contributed by atoms with Crippen LogP contribution in [0.1, 0.15) is 106 Å². The van der Waals surface area contributed by atoms with E-state index in [1.807, 2.05) is 13.0 Å². The van der Waals surface area contributed by atoms with Crippen LogP contribution < -0.4 is 0 Å². The highest BCUT2D eigenvalue weighted by Gasteiger charge is 2.69. The first-order valence-corrected chi connectivity index (χ1v) is 14.9. The number of nitrogens with zero attached hydrogens (tertiary/aromatic N) is 1. The van der Waals surface area contributed by atoms with Crippen molar-refractivity contribution in [3.63, 3.8) is 0 Å². The zero-order valence-electron chi connectivity index (χ0n) is 24.9. The Morgan fingerprint density at radius 1 is 1.00 bits per heavy atom. The van der Waals surface area contributed by atoms with E-state index in [1.54, 1.807) is 0 Å². The zero-order chi connectivity index (χ0) is 28.1. The number of fused-ring (bicyclic) bond motifs is 7. The summed E-state index contributed by atoms with van der Waals surface area (Å²) >= 11 is 0. The van der Waals surface area contributed by atoms with Gasteiger partial charge < -0.3 is 4.74 Å². The van der Waals surface area contributed by atoms with E-state index < -0.39 is 5.41 Å². The van der Waals surface area contributed by atoms with Crippen molar-refractivity contribution in [2.24, 2.45) is 50.7 Å². The summed E-state index contributed by atoms with van der Waals surface area (Å²) in [5.41, 5.74) is 0.343. The topological polar surface area (TPSA) is 83.9 Å². The Bertz CT molecular complexity index is 1080. The number of ether oxygens (including phenoxy) is 1. The summed E-state index contributed by atoms with van der Waals surface area (Å²) in [6, 6.07) is 0. The second-order valence-electron chi connectivity index (χ2n) is 15.2. The number of ketones is 1. The molecular weight excluding hydrogens is 478 g/mol. The van der Waals surface area contributed by atoms with Crippen molar-refractivity contribution < 1.29 is 24.3 Å². The maximum atomic E-state index is 14.4. The van der Waals surface area contributed by atoms with Gasteiger partial charge in [-0.2, -0.15) is 0 Å². The minimum atomic E-state index is -0.623. The van der Waals surface area contributed by atoms with Gasteiger partial charge in [-0.3, -0.25) is 19.6 Å². The third-order valence-electron chi connectivity index (χ3n) is 13.2. The minimum Gasteiger partial charge on any atom is -0.462 e. The molecule has 38 heavy (non-hydrogen) atoms. The number of carbonyl (C=O) groups excluding carboxylic acids is 3. The molecule has 5 rings (SSSR count). The summed E-state index contributed by atoms with van der Waals surface area (Å²) < 4.78 is 5.73. The van der Waals surface area contributed by atoms with E-state index in [-0.39, 0.29) is 63.2 Å². The van der Waals surface area contributed by atoms with Crippen LogP contribution in [-0.4, -0.2) is 41.1 Å². The molecule has 3 unspecified atom stereocenters. The highest BCUT2D eigenvalue weighted by atomic mass is 16.5. The fraction of sp³-hybridized carbons (Fsp3) is 0.844. The van der Waals surface area contributed by atoms with Crippen LogP contribution in [0.2, 0.25) is 0 Å². The van der Waals surface area contributed by atoms with Gasteiger partial charge in [-0.25, -0.2) is 5.06 Å². The normalized spacial score (nSPS) is 50.0. The van der Waals surface area contributed by atoms with E-state index >= 15 is 0 Å². The molecule has 212 valence electrons. The van der Waals surface area contributed by atoms with Crippen LogP contribution in [0, 0.1) is 50.7 Å². The van der Waals surface area contributed by atoms with Crippen LogP contribution in [0.5, 0.6) is 0 Å². The molecule has 0 heterocycles.